The Morgan fingerprint density at radius 2 is 1.69 bits per heavy atom. The molecule has 2 aromatic carbocycles. The Kier molecular flexibility index (Phi) is 7.61. The zero-order valence-electron chi connectivity index (χ0n) is 18.1. The molecule has 174 valence electrons. The van der Waals surface area contributed by atoms with E-state index < -0.39 is 28.0 Å². The van der Waals surface area contributed by atoms with Crippen LogP contribution in [-0.4, -0.2) is 26.9 Å². The Bertz CT molecular complexity index is 1090. The number of benzene rings is 2. The number of carbonyl (C=O) groups is 1. The Morgan fingerprint density at radius 3 is 2.22 bits per heavy atom. The summed E-state index contributed by atoms with van der Waals surface area (Å²) >= 11 is 0. The Morgan fingerprint density at radius 1 is 1.06 bits per heavy atom. The van der Waals surface area contributed by atoms with Gasteiger partial charge < -0.3 is 10.1 Å². The molecule has 0 radical (unpaired) electrons. The fraction of sp³-hybridized carbons (Fsp3) is 0.318. The smallest absolute Gasteiger partial charge is 0.404 e. The predicted octanol–water partition coefficient (Wildman–Crippen LogP) is 4.58. The molecule has 32 heavy (non-hydrogen) atoms. The molecular weight excluding hydrogens is 445 g/mol. The number of ether oxygens (including phenoxy) is 1. The van der Waals surface area contributed by atoms with Crippen LogP contribution >= 0.6 is 0 Å². The molecule has 10 heteroatoms. The van der Waals surface area contributed by atoms with Crippen molar-refractivity contribution in [2.45, 2.75) is 39.1 Å². The number of anilines is 1. The first-order valence-corrected chi connectivity index (χ1v) is 11.4. The van der Waals surface area contributed by atoms with Crippen LogP contribution in [0.2, 0.25) is 0 Å². The third-order valence-corrected chi connectivity index (χ3v) is 4.83. The van der Waals surface area contributed by atoms with E-state index in [9.17, 15) is 26.4 Å². The second-order valence-electron chi connectivity index (χ2n) is 8.18. The van der Waals surface area contributed by atoms with Gasteiger partial charge in [-0.2, -0.15) is 0 Å². The third kappa shape index (κ3) is 8.62. The molecule has 2 aromatic rings. The number of halogens is 3. The van der Waals surface area contributed by atoms with Gasteiger partial charge in [0.2, 0.25) is 15.9 Å². The summed E-state index contributed by atoms with van der Waals surface area (Å²) in [7, 11) is -3.81. The van der Waals surface area contributed by atoms with Crippen molar-refractivity contribution in [2.75, 3.05) is 11.0 Å². The minimum Gasteiger partial charge on any atom is -0.404 e. The molecule has 0 atom stereocenters. The Labute approximate surface area is 185 Å². The number of hydrogen-bond acceptors (Lipinski definition) is 4. The van der Waals surface area contributed by atoms with Crippen LogP contribution in [0.1, 0.15) is 37.5 Å². The van der Waals surface area contributed by atoms with E-state index in [0.717, 1.165) is 29.5 Å². The second-order valence-corrected chi connectivity index (χ2v) is 9.92. The van der Waals surface area contributed by atoms with E-state index in [1.165, 1.54) is 12.1 Å². The number of sulfonamides is 1. The summed E-state index contributed by atoms with van der Waals surface area (Å²) in [5, 5.41) is 2.56. The third-order valence-electron chi connectivity index (χ3n) is 4.24. The van der Waals surface area contributed by atoms with Gasteiger partial charge in [-0.1, -0.05) is 51.1 Å². The van der Waals surface area contributed by atoms with Gasteiger partial charge in [0.25, 0.3) is 0 Å². The molecule has 0 spiro atoms. The molecule has 2 rings (SSSR count). The van der Waals surface area contributed by atoms with Crippen molar-refractivity contribution in [1.82, 2.24) is 5.32 Å². The van der Waals surface area contributed by atoms with E-state index in [4.69, 9.17) is 0 Å². The molecule has 0 aliphatic carbocycles. The fourth-order valence-electron chi connectivity index (χ4n) is 2.68. The lowest BCUT2D eigenvalue weighted by molar-refractivity contribution is -0.274. The number of alkyl halides is 3. The van der Waals surface area contributed by atoms with E-state index in [2.05, 4.69) is 30.8 Å². The standard InChI is InChI=1S/C22H25F3N2O4S/c1-21(2,3)17-9-5-15(6-10-17)8-12-20(28)26-14-16-7-11-18(27-32(4,29)30)19(13-16)31-22(23,24)25/h5-13,27H,14H2,1-4H3,(H,26,28)/b12-8+. The molecule has 0 saturated carbocycles. The average molecular weight is 471 g/mol. The summed E-state index contributed by atoms with van der Waals surface area (Å²) in [6.07, 6.45) is -1.26. The fourth-order valence-corrected chi connectivity index (χ4v) is 3.25. The average Bonchev–Trinajstić information content (AvgIpc) is 2.64. The van der Waals surface area contributed by atoms with Gasteiger partial charge in [0.05, 0.1) is 11.9 Å². The predicted molar refractivity (Wildman–Crippen MR) is 118 cm³/mol. The van der Waals surface area contributed by atoms with Crippen LogP contribution in [0.15, 0.2) is 48.5 Å². The summed E-state index contributed by atoms with van der Waals surface area (Å²) in [6.45, 7) is 6.21. The Balaban J connectivity index is 2.06. The highest BCUT2D eigenvalue weighted by atomic mass is 32.2. The molecule has 6 nitrogen and oxygen atoms in total. The van der Waals surface area contributed by atoms with Crippen LogP contribution in [-0.2, 0) is 26.8 Å². The quantitative estimate of drug-likeness (QED) is 0.580. The number of carbonyl (C=O) groups excluding carboxylic acids is 1. The molecule has 1 amide bonds. The van der Waals surface area contributed by atoms with Gasteiger partial charge in [0.15, 0.2) is 5.75 Å². The molecule has 0 aromatic heterocycles. The molecule has 0 aliphatic rings. The van der Waals surface area contributed by atoms with Crippen molar-refractivity contribution in [1.29, 1.82) is 0 Å². The lowest BCUT2D eigenvalue weighted by atomic mass is 9.87. The lowest BCUT2D eigenvalue weighted by Gasteiger charge is -2.18. The highest BCUT2D eigenvalue weighted by Gasteiger charge is 2.32. The van der Waals surface area contributed by atoms with Crippen molar-refractivity contribution in [3.63, 3.8) is 0 Å². The van der Waals surface area contributed by atoms with Gasteiger partial charge in [-0.05, 0) is 40.3 Å². The van der Waals surface area contributed by atoms with Crippen LogP contribution in [0.3, 0.4) is 0 Å². The van der Waals surface area contributed by atoms with Crippen LogP contribution in [0.5, 0.6) is 5.75 Å². The number of nitrogens with one attached hydrogen (secondary N) is 2. The largest absolute Gasteiger partial charge is 0.573 e. The van der Waals surface area contributed by atoms with Crippen molar-refractivity contribution >= 4 is 27.7 Å². The van der Waals surface area contributed by atoms with Gasteiger partial charge >= 0.3 is 6.36 Å². The first-order valence-electron chi connectivity index (χ1n) is 9.55. The summed E-state index contributed by atoms with van der Waals surface area (Å²) in [5.74, 6) is -1.16. The van der Waals surface area contributed by atoms with Crippen LogP contribution in [0.25, 0.3) is 6.08 Å². The van der Waals surface area contributed by atoms with Gasteiger partial charge in [0, 0.05) is 12.6 Å². The topological polar surface area (TPSA) is 84.5 Å². The van der Waals surface area contributed by atoms with Crippen LogP contribution < -0.4 is 14.8 Å². The normalized spacial score (nSPS) is 12.6. The maximum absolute atomic E-state index is 12.7. The zero-order chi connectivity index (χ0) is 24.2. The summed E-state index contributed by atoms with van der Waals surface area (Å²) in [6, 6.07) is 11.3. The first kappa shape index (κ1) is 25.3. The molecule has 0 fully saturated rings. The minimum absolute atomic E-state index is 0.0146. The minimum atomic E-state index is -5.01. The van der Waals surface area contributed by atoms with Gasteiger partial charge in [-0.3, -0.25) is 9.52 Å². The van der Waals surface area contributed by atoms with E-state index in [1.807, 2.05) is 29.0 Å². The van der Waals surface area contributed by atoms with Crippen molar-refractivity contribution in [2.24, 2.45) is 0 Å². The zero-order valence-corrected chi connectivity index (χ0v) is 18.9. The van der Waals surface area contributed by atoms with Crippen molar-refractivity contribution in [3.8, 4) is 5.75 Å². The maximum atomic E-state index is 12.7. The molecule has 0 bridgehead atoms. The number of hydrogen-bond donors (Lipinski definition) is 2. The molecule has 2 N–H and O–H groups in total. The van der Waals surface area contributed by atoms with E-state index in [1.54, 1.807) is 6.08 Å². The van der Waals surface area contributed by atoms with Crippen LogP contribution in [0.4, 0.5) is 18.9 Å². The summed E-state index contributed by atoms with van der Waals surface area (Å²) < 4.78 is 66.6. The highest BCUT2D eigenvalue weighted by molar-refractivity contribution is 7.92. The Hall–Kier alpha value is -3.01. The van der Waals surface area contributed by atoms with Gasteiger partial charge in [-0.25, -0.2) is 8.42 Å². The maximum Gasteiger partial charge on any atom is 0.573 e. The SMILES string of the molecule is CC(C)(C)c1ccc(/C=C/C(=O)NCc2ccc(NS(C)(=O)=O)c(OC(F)(F)F)c2)cc1. The van der Waals surface area contributed by atoms with Crippen LogP contribution in [0, 0.1) is 0 Å². The van der Waals surface area contributed by atoms with E-state index >= 15 is 0 Å². The first-order chi connectivity index (χ1) is 14.6. The highest BCUT2D eigenvalue weighted by Crippen LogP contribution is 2.32. The molecule has 0 heterocycles. The van der Waals surface area contributed by atoms with E-state index in [0.29, 0.717) is 5.56 Å². The summed E-state index contributed by atoms with van der Waals surface area (Å²) in [5.41, 5.74) is 1.92. The monoisotopic (exact) mass is 470 g/mol. The van der Waals surface area contributed by atoms with Crippen molar-refractivity contribution < 1.29 is 31.1 Å². The lowest BCUT2D eigenvalue weighted by Crippen LogP contribution is -2.21. The summed E-state index contributed by atoms with van der Waals surface area (Å²) in [4.78, 5) is 12.1. The van der Waals surface area contributed by atoms with Gasteiger partial charge in [-0.15, -0.1) is 13.2 Å². The molecule has 0 unspecified atom stereocenters. The van der Waals surface area contributed by atoms with E-state index in [-0.39, 0.29) is 17.6 Å². The molecule has 0 saturated heterocycles. The molecule has 0 aliphatic heterocycles. The van der Waals surface area contributed by atoms with Gasteiger partial charge in [0.1, 0.15) is 0 Å². The number of amides is 1. The second kappa shape index (κ2) is 9.64. The molecular formula is C22H25F3N2O4S. The number of rotatable bonds is 7. The van der Waals surface area contributed by atoms with Crippen molar-refractivity contribution in [3.05, 3.63) is 65.2 Å².